The van der Waals surface area contributed by atoms with Gasteiger partial charge in [-0.25, -0.2) is 0 Å². The Hall–Kier alpha value is -0.460. The van der Waals surface area contributed by atoms with E-state index in [2.05, 4.69) is 19.1 Å². The zero-order chi connectivity index (χ0) is 19.0. The Kier molecular flexibility index (Phi) is 14.1. The fourth-order valence-electron chi connectivity index (χ4n) is 3.26. The number of unbranched alkanes of at least 4 members (excludes halogenated alkanes) is 9. The van der Waals surface area contributed by atoms with Crippen LogP contribution in [0.2, 0.25) is 0 Å². The number of hydrogen-bond acceptors (Lipinski definition) is 5. The first-order valence-corrected chi connectivity index (χ1v) is 10.6. The van der Waals surface area contributed by atoms with Crippen molar-refractivity contribution in [2.75, 3.05) is 19.8 Å². The van der Waals surface area contributed by atoms with Crippen molar-refractivity contribution in [2.45, 2.75) is 102 Å². The average Bonchev–Trinajstić information content (AvgIpc) is 3.02. The summed E-state index contributed by atoms with van der Waals surface area (Å²) in [7, 11) is 0. The van der Waals surface area contributed by atoms with Crippen LogP contribution in [0.3, 0.4) is 0 Å². The normalized spacial score (nSPS) is 24.5. The molecule has 0 aliphatic carbocycles. The minimum Gasteiger partial charge on any atom is -0.394 e. The van der Waals surface area contributed by atoms with E-state index in [-0.39, 0.29) is 6.61 Å². The quantitative estimate of drug-likeness (QED) is 0.286. The van der Waals surface area contributed by atoms with Crippen molar-refractivity contribution in [1.82, 2.24) is 0 Å². The number of ether oxygens (including phenoxy) is 2. The van der Waals surface area contributed by atoms with E-state index in [9.17, 15) is 10.2 Å². The third-order valence-electron chi connectivity index (χ3n) is 4.97. The van der Waals surface area contributed by atoms with Gasteiger partial charge >= 0.3 is 0 Å². The van der Waals surface area contributed by atoms with Gasteiger partial charge in [-0.1, -0.05) is 57.6 Å². The Morgan fingerprint density at radius 1 is 1.00 bits per heavy atom. The summed E-state index contributed by atoms with van der Waals surface area (Å²) in [6.07, 6.45) is 15.2. The number of aliphatic hydroxyl groups is 3. The van der Waals surface area contributed by atoms with E-state index in [0.717, 1.165) is 19.3 Å². The van der Waals surface area contributed by atoms with Crippen LogP contribution in [0.15, 0.2) is 12.2 Å². The fraction of sp³-hybridized carbons (Fsp3) is 0.905. The molecule has 0 aromatic heterocycles. The van der Waals surface area contributed by atoms with Crippen LogP contribution in [0, 0.1) is 0 Å². The highest BCUT2D eigenvalue weighted by molar-refractivity contribution is 4.88. The van der Waals surface area contributed by atoms with Gasteiger partial charge in [0.25, 0.3) is 0 Å². The summed E-state index contributed by atoms with van der Waals surface area (Å²) in [5.74, 6) is 0. The third-order valence-corrected chi connectivity index (χ3v) is 4.97. The highest BCUT2D eigenvalue weighted by Crippen LogP contribution is 2.20. The summed E-state index contributed by atoms with van der Waals surface area (Å²) in [6.45, 7) is 2.68. The number of aliphatic hydroxyl groups excluding tert-OH is 3. The van der Waals surface area contributed by atoms with E-state index in [0.29, 0.717) is 6.61 Å². The molecule has 1 heterocycles. The lowest BCUT2D eigenvalue weighted by Gasteiger charge is -2.20. The zero-order valence-corrected chi connectivity index (χ0v) is 16.5. The maximum atomic E-state index is 10.0. The van der Waals surface area contributed by atoms with E-state index < -0.39 is 31.0 Å². The monoisotopic (exact) mass is 372 g/mol. The second-order valence-corrected chi connectivity index (χ2v) is 7.32. The molecular formula is C21H40O5. The minimum atomic E-state index is -1.06. The highest BCUT2D eigenvalue weighted by atomic mass is 16.6. The molecular weight excluding hydrogens is 332 g/mol. The van der Waals surface area contributed by atoms with Gasteiger partial charge in [0.2, 0.25) is 0 Å². The van der Waals surface area contributed by atoms with Crippen molar-refractivity contribution in [3.8, 4) is 0 Å². The second-order valence-electron chi connectivity index (χ2n) is 7.32. The lowest BCUT2D eigenvalue weighted by atomic mass is 10.1. The summed E-state index contributed by atoms with van der Waals surface area (Å²) in [4.78, 5) is 0. The van der Waals surface area contributed by atoms with Gasteiger partial charge in [-0.3, -0.25) is 0 Å². The van der Waals surface area contributed by atoms with Gasteiger partial charge < -0.3 is 24.8 Å². The average molecular weight is 373 g/mol. The smallest absolute Gasteiger partial charge is 0.114 e. The van der Waals surface area contributed by atoms with E-state index in [1.165, 1.54) is 51.4 Å². The molecule has 0 unspecified atom stereocenters. The molecule has 0 bridgehead atoms. The number of rotatable bonds is 16. The largest absolute Gasteiger partial charge is 0.394 e. The summed E-state index contributed by atoms with van der Waals surface area (Å²) in [6, 6.07) is 0. The summed E-state index contributed by atoms with van der Waals surface area (Å²) < 4.78 is 11.0. The van der Waals surface area contributed by atoms with Crippen LogP contribution < -0.4 is 0 Å². The zero-order valence-electron chi connectivity index (χ0n) is 16.5. The lowest BCUT2D eigenvalue weighted by molar-refractivity contribution is -0.0730. The van der Waals surface area contributed by atoms with Gasteiger partial charge in [0.05, 0.1) is 13.2 Å². The van der Waals surface area contributed by atoms with Gasteiger partial charge in [0.15, 0.2) is 0 Å². The Morgan fingerprint density at radius 2 is 1.62 bits per heavy atom. The van der Waals surface area contributed by atoms with E-state index in [4.69, 9.17) is 14.6 Å². The first-order chi connectivity index (χ1) is 12.7. The maximum Gasteiger partial charge on any atom is 0.114 e. The summed E-state index contributed by atoms with van der Waals surface area (Å²) >= 11 is 0. The topological polar surface area (TPSA) is 79.2 Å². The fourth-order valence-corrected chi connectivity index (χ4v) is 3.26. The van der Waals surface area contributed by atoms with E-state index in [1.807, 2.05) is 0 Å². The van der Waals surface area contributed by atoms with Crippen LogP contribution in [-0.4, -0.2) is 59.6 Å². The highest BCUT2D eigenvalue weighted by Gasteiger charge is 2.40. The van der Waals surface area contributed by atoms with Crippen LogP contribution >= 0.6 is 0 Å². The van der Waals surface area contributed by atoms with Gasteiger partial charge in [-0.2, -0.15) is 0 Å². The maximum absolute atomic E-state index is 10.0. The number of hydrogen-bond donors (Lipinski definition) is 3. The molecule has 0 aromatic carbocycles. The Morgan fingerprint density at radius 3 is 2.27 bits per heavy atom. The molecule has 0 radical (unpaired) electrons. The standard InChI is InChI=1S/C21H40O5/c1-2-3-4-5-6-7-8-9-10-11-12-13-14-15-25-19-17-26-21(20(19)24)18(23)16-22/h10-11,18-24H,2-9,12-17H2,1H3/b11-10+/t18-,19+,20-,21-/m0/s1. The predicted molar refractivity (Wildman–Crippen MR) is 104 cm³/mol. The molecule has 4 atom stereocenters. The first kappa shape index (κ1) is 23.6. The minimum absolute atomic E-state index is 0.265. The molecule has 0 aromatic rings. The molecule has 1 saturated heterocycles. The Balaban J connectivity index is 1.90. The molecule has 1 rings (SSSR count). The lowest BCUT2D eigenvalue weighted by Crippen LogP contribution is -2.41. The number of allylic oxidation sites excluding steroid dienone is 2. The van der Waals surface area contributed by atoms with Crippen LogP contribution in [-0.2, 0) is 9.47 Å². The van der Waals surface area contributed by atoms with E-state index >= 15 is 0 Å². The molecule has 1 aliphatic rings. The Labute approximate surface area is 159 Å². The van der Waals surface area contributed by atoms with Crippen LogP contribution in [0.5, 0.6) is 0 Å². The third kappa shape index (κ3) is 10.0. The molecule has 26 heavy (non-hydrogen) atoms. The van der Waals surface area contributed by atoms with Crippen molar-refractivity contribution < 1.29 is 24.8 Å². The van der Waals surface area contributed by atoms with Crippen molar-refractivity contribution >= 4 is 0 Å². The van der Waals surface area contributed by atoms with Crippen LogP contribution in [0.4, 0.5) is 0 Å². The summed E-state index contributed by atoms with van der Waals surface area (Å²) in [5.41, 5.74) is 0. The predicted octanol–water partition coefficient (Wildman–Crippen LogP) is 3.35. The first-order valence-electron chi connectivity index (χ1n) is 10.6. The molecule has 1 aliphatic heterocycles. The van der Waals surface area contributed by atoms with Crippen molar-refractivity contribution in [1.29, 1.82) is 0 Å². The molecule has 0 spiro atoms. The van der Waals surface area contributed by atoms with Crippen molar-refractivity contribution in [3.63, 3.8) is 0 Å². The molecule has 3 N–H and O–H groups in total. The van der Waals surface area contributed by atoms with E-state index in [1.54, 1.807) is 0 Å². The van der Waals surface area contributed by atoms with Gasteiger partial charge in [-0.05, 0) is 32.1 Å². The molecule has 0 amide bonds. The SMILES string of the molecule is CCCCCCCCC/C=C/CCCCO[C@@H]1CO[C@@H]([C@@H](O)CO)[C@H]1O. The molecule has 1 fully saturated rings. The van der Waals surface area contributed by atoms with Gasteiger partial charge in [0, 0.05) is 6.61 Å². The van der Waals surface area contributed by atoms with Crippen LogP contribution in [0.1, 0.15) is 77.6 Å². The van der Waals surface area contributed by atoms with Gasteiger partial charge in [0.1, 0.15) is 24.4 Å². The summed E-state index contributed by atoms with van der Waals surface area (Å²) in [5, 5.41) is 28.5. The second kappa shape index (κ2) is 15.6. The molecule has 154 valence electrons. The van der Waals surface area contributed by atoms with Gasteiger partial charge in [-0.15, -0.1) is 0 Å². The molecule has 5 heteroatoms. The Bertz CT molecular complexity index is 347. The van der Waals surface area contributed by atoms with Crippen molar-refractivity contribution in [3.05, 3.63) is 12.2 Å². The molecule has 0 saturated carbocycles. The van der Waals surface area contributed by atoms with Crippen LogP contribution in [0.25, 0.3) is 0 Å². The van der Waals surface area contributed by atoms with Crippen molar-refractivity contribution in [2.24, 2.45) is 0 Å². The molecule has 5 nitrogen and oxygen atoms in total.